The molecule has 0 aliphatic carbocycles. The lowest BCUT2D eigenvalue weighted by Gasteiger charge is -2.41. The van der Waals surface area contributed by atoms with Crippen LogP contribution in [-0.4, -0.2) is 55.2 Å². The topological polar surface area (TPSA) is 86.8 Å². The number of carbonyl (C=O) groups excluding carboxylic acids is 2. The summed E-state index contributed by atoms with van der Waals surface area (Å²) >= 11 is 0. The van der Waals surface area contributed by atoms with Crippen molar-refractivity contribution in [3.05, 3.63) is 54.1 Å². The Bertz CT molecular complexity index is 996. The Labute approximate surface area is 157 Å². The second kappa shape index (κ2) is 6.47. The van der Waals surface area contributed by atoms with Gasteiger partial charge in [-0.1, -0.05) is 42.0 Å². The number of benzene rings is 2. The van der Waals surface area contributed by atoms with E-state index < -0.39 is 22.1 Å². The molecule has 2 aromatic rings. The number of sulfonamides is 1. The quantitative estimate of drug-likeness (QED) is 0.810. The summed E-state index contributed by atoms with van der Waals surface area (Å²) in [5.41, 5.74) is 3.11. The summed E-state index contributed by atoms with van der Waals surface area (Å²) < 4.78 is 26.8. The molecule has 1 N–H and O–H groups in total. The molecular weight excluding hydrogens is 366 g/mol. The SMILES string of the molecule is Cc1cccc(-c2ccc(S(=O)(=O)N3CC(N4C(=O)CNC4=O)C3)cc2)c1. The van der Waals surface area contributed by atoms with Crippen LogP contribution in [0.3, 0.4) is 0 Å². The van der Waals surface area contributed by atoms with Crippen LogP contribution in [0.15, 0.2) is 53.4 Å². The number of nitrogens with zero attached hydrogens (tertiary/aromatic N) is 2. The van der Waals surface area contributed by atoms with Gasteiger partial charge in [0.2, 0.25) is 15.9 Å². The molecule has 8 heteroatoms. The number of aryl methyl sites for hydroxylation is 1. The first-order valence-corrected chi connectivity index (χ1v) is 10.1. The molecule has 140 valence electrons. The average molecular weight is 385 g/mol. The van der Waals surface area contributed by atoms with E-state index >= 15 is 0 Å². The van der Waals surface area contributed by atoms with Gasteiger partial charge < -0.3 is 5.32 Å². The molecule has 0 atom stereocenters. The summed E-state index contributed by atoms with van der Waals surface area (Å²) in [5, 5.41) is 2.45. The average Bonchev–Trinajstić information content (AvgIpc) is 2.93. The number of nitrogens with one attached hydrogen (secondary N) is 1. The highest BCUT2D eigenvalue weighted by Crippen LogP contribution is 2.27. The summed E-state index contributed by atoms with van der Waals surface area (Å²) in [4.78, 5) is 24.7. The van der Waals surface area contributed by atoms with Gasteiger partial charge in [-0.3, -0.25) is 9.69 Å². The van der Waals surface area contributed by atoms with Crippen LogP contribution in [0.25, 0.3) is 11.1 Å². The molecule has 7 nitrogen and oxygen atoms in total. The van der Waals surface area contributed by atoms with Crippen LogP contribution < -0.4 is 5.32 Å². The highest BCUT2D eigenvalue weighted by molar-refractivity contribution is 7.89. The first kappa shape index (κ1) is 17.7. The van der Waals surface area contributed by atoms with Crippen molar-refractivity contribution >= 4 is 22.0 Å². The maximum Gasteiger partial charge on any atom is 0.324 e. The number of hydrogen-bond donors (Lipinski definition) is 1. The fourth-order valence-electron chi connectivity index (χ4n) is 3.37. The van der Waals surface area contributed by atoms with Gasteiger partial charge in [0.25, 0.3) is 0 Å². The fourth-order valence-corrected chi connectivity index (χ4v) is 4.89. The molecule has 2 saturated heterocycles. The van der Waals surface area contributed by atoms with Crippen LogP contribution in [0.5, 0.6) is 0 Å². The molecule has 27 heavy (non-hydrogen) atoms. The molecular formula is C19H19N3O4S. The minimum absolute atomic E-state index is 0.0253. The fraction of sp³-hybridized carbons (Fsp3) is 0.263. The summed E-state index contributed by atoms with van der Waals surface area (Å²) in [6.07, 6.45) is 0. The van der Waals surface area contributed by atoms with Gasteiger partial charge in [-0.05, 0) is 30.2 Å². The van der Waals surface area contributed by atoms with Crippen molar-refractivity contribution in [3.63, 3.8) is 0 Å². The highest BCUT2D eigenvalue weighted by atomic mass is 32.2. The van der Waals surface area contributed by atoms with Crippen molar-refractivity contribution in [2.75, 3.05) is 19.6 Å². The first-order chi connectivity index (χ1) is 12.9. The van der Waals surface area contributed by atoms with Crippen molar-refractivity contribution < 1.29 is 18.0 Å². The van der Waals surface area contributed by atoms with Crippen LogP contribution in [-0.2, 0) is 14.8 Å². The lowest BCUT2D eigenvalue weighted by Crippen LogP contribution is -2.62. The van der Waals surface area contributed by atoms with Crippen LogP contribution in [0.4, 0.5) is 4.79 Å². The van der Waals surface area contributed by atoms with E-state index in [1.807, 2.05) is 31.2 Å². The monoisotopic (exact) mass is 385 g/mol. The Morgan fingerprint density at radius 3 is 2.30 bits per heavy atom. The molecule has 0 aromatic heterocycles. The number of carbonyl (C=O) groups is 2. The standard InChI is InChI=1S/C19H19N3O4S/c1-13-3-2-4-15(9-13)14-5-7-17(8-6-14)27(25,26)21-11-16(12-21)22-18(23)10-20-19(22)24/h2-9,16H,10-12H2,1H3,(H,20,24). The molecule has 4 rings (SSSR count). The maximum absolute atomic E-state index is 12.8. The third-order valence-electron chi connectivity index (χ3n) is 4.92. The van der Waals surface area contributed by atoms with E-state index in [1.165, 1.54) is 4.31 Å². The summed E-state index contributed by atoms with van der Waals surface area (Å²) in [6, 6.07) is 13.9. The number of hydrogen-bond acceptors (Lipinski definition) is 4. The van der Waals surface area contributed by atoms with Crippen LogP contribution >= 0.6 is 0 Å². The van der Waals surface area contributed by atoms with Gasteiger partial charge in [0.15, 0.2) is 0 Å². The van der Waals surface area contributed by atoms with E-state index in [9.17, 15) is 18.0 Å². The van der Waals surface area contributed by atoms with E-state index in [0.29, 0.717) is 0 Å². The smallest absolute Gasteiger partial charge is 0.324 e. The summed E-state index contributed by atoms with van der Waals surface area (Å²) in [7, 11) is -3.64. The van der Waals surface area contributed by atoms with Crippen molar-refractivity contribution in [1.82, 2.24) is 14.5 Å². The predicted octanol–water partition coefficient (Wildman–Crippen LogP) is 1.59. The summed E-state index contributed by atoms with van der Waals surface area (Å²) in [6.45, 7) is 2.23. The lowest BCUT2D eigenvalue weighted by atomic mass is 10.0. The molecule has 0 spiro atoms. The molecule has 0 bridgehead atoms. The van der Waals surface area contributed by atoms with Crippen molar-refractivity contribution in [1.29, 1.82) is 0 Å². The van der Waals surface area contributed by atoms with E-state index in [-0.39, 0.29) is 30.4 Å². The van der Waals surface area contributed by atoms with E-state index in [1.54, 1.807) is 24.3 Å². The van der Waals surface area contributed by atoms with E-state index in [0.717, 1.165) is 21.6 Å². The third-order valence-corrected chi connectivity index (χ3v) is 6.76. The molecule has 0 radical (unpaired) electrons. The van der Waals surface area contributed by atoms with Crippen LogP contribution in [0, 0.1) is 6.92 Å². The molecule has 2 fully saturated rings. The molecule has 2 aliphatic rings. The van der Waals surface area contributed by atoms with Crippen molar-refractivity contribution in [2.24, 2.45) is 0 Å². The largest absolute Gasteiger partial charge is 0.329 e. The van der Waals surface area contributed by atoms with Crippen LogP contribution in [0.2, 0.25) is 0 Å². The second-order valence-electron chi connectivity index (χ2n) is 6.79. The molecule has 2 heterocycles. The Kier molecular flexibility index (Phi) is 4.24. The van der Waals surface area contributed by atoms with Gasteiger partial charge in [-0.2, -0.15) is 4.31 Å². The van der Waals surface area contributed by atoms with Crippen LogP contribution in [0.1, 0.15) is 5.56 Å². The Morgan fingerprint density at radius 2 is 1.70 bits per heavy atom. The Morgan fingerprint density at radius 1 is 1.00 bits per heavy atom. The molecule has 2 aromatic carbocycles. The number of amides is 3. The lowest BCUT2D eigenvalue weighted by molar-refractivity contribution is -0.128. The van der Waals surface area contributed by atoms with Gasteiger partial charge in [0.05, 0.1) is 17.5 Å². The maximum atomic E-state index is 12.8. The zero-order valence-corrected chi connectivity index (χ0v) is 15.6. The van der Waals surface area contributed by atoms with Crippen molar-refractivity contribution in [3.8, 4) is 11.1 Å². The van der Waals surface area contributed by atoms with Gasteiger partial charge in [0.1, 0.15) is 0 Å². The minimum Gasteiger partial charge on any atom is -0.329 e. The van der Waals surface area contributed by atoms with E-state index in [2.05, 4.69) is 5.32 Å². The first-order valence-electron chi connectivity index (χ1n) is 8.63. The Balaban J connectivity index is 1.48. The number of urea groups is 1. The van der Waals surface area contributed by atoms with Gasteiger partial charge in [-0.25, -0.2) is 13.2 Å². The van der Waals surface area contributed by atoms with Gasteiger partial charge >= 0.3 is 6.03 Å². The third kappa shape index (κ3) is 3.11. The predicted molar refractivity (Wildman–Crippen MR) is 99.4 cm³/mol. The second-order valence-corrected chi connectivity index (χ2v) is 8.73. The van der Waals surface area contributed by atoms with Crippen molar-refractivity contribution in [2.45, 2.75) is 17.9 Å². The molecule has 0 unspecified atom stereocenters. The zero-order valence-electron chi connectivity index (χ0n) is 14.8. The number of imide groups is 1. The normalized spacial score (nSPS) is 18.5. The molecule has 0 saturated carbocycles. The Hall–Kier alpha value is -2.71. The van der Waals surface area contributed by atoms with Gasteiger partial charge in [0, 0.05) is 13.1 Å². The molecule has 3 amide bonds. The highest BCUT2D eigenvalue weighted by Gasteiger charge is 2.45. The van der Waals surface area contributed by atoms with E-state index in [4.69, 9.17) is 0 Å². The molecule has 2 aliphatic heterocycles. The minimum atomic E-state index is -3.64. The van der Waals surface area contributed by atoms with Gasteiger partial charge in [-0.15, -0.1) is 0 Å². The number of rotatable bonds is 4. The summed E-state index contributed by atoms with van der Waals surface area (Å²) in [5.74, 6) is -0.315. The zero-order chi connectivity index (χ0) is 19.2.